The van der Waals surface area contributed by atoms with Crippen molar-refractivity contribution in [1.82, 2.24) is 4.98 Å². The molecule has 1 aromatic carbocycles. The van der Waals surface area contributed by atoms with Gasteiger partial charge >= 0.3 is 0 Å². The molecule has 0 radical (unpaired) electrons. The summed E-state index contributed by atoms with van der Waals surface area (Å²) >= 11 is 0. The fourth-order valence-corrected chi connectivity index (χ4v) is 1.92. The zero-order valence-corrected chi connectivity index (χ0v) is 11.5. The van der Waals surface area contributed by atoms with Crippen LogP contribution < -0.4 is 10.5 Å². The first kappa shape index (κ1) is 13.6. The van der Waals surface area contributed by atoms with Crippen LogP contribution in [0.5, 0.6) is 5.75 Å². The van der Waals surface area contributed by atoms with Gasteiger partial charge < -0.3 is 14.9 Å². The lowest BCUT2D eigenvalue weighted by Crippen LogP contribution is -2.05. The summed E-state index contributed by atoms with van der Waals surface area (Å²) in [4.78, 5) is 4.42. The van der Waals surface area contributed by atoms with Crippen LogP contribution in [0.1, 0.15) is 22.9 Å². The topological polar surface area (TPSA) is 61.3 Å². The third-order valence-corrected chi connectivity index (χ3v) is 2.89. The summed E-state index contributed by atoms with van der Waals surface area (Å²) in [5.74, 6) is 2.45. The fourth-order valence-electron chi connectivity index (χ4n) is 1.92. The Hall–Kier alpha value is -1.81. The molecule has 1 aromatic heterocycles. The predicted octanol–water partition coefficient (Wildman–Crippen LogP) is 2.41. The number of oxazole rings is 1. The molecule has 0 aliphatic rings. The Labute approximate surface area is 113 Å². The van der Waals surface area contributed by atoms with E-state index < -0.39 is 0 Å². The van der Waals surface area contributed by atoms with E-state index in [0.717, 1.165) is 23.6 Å². The monoisotopic (exact) mass is 260 g/mol. The Kier molecular flexibility index (Phi) is 4.58. The second-order valence-corrected chi connectivity index (χ2v) is 4.56. The highest BCUT2D eigenvalue weighted by Crippen LogP contribution is 2.14. The van der Waals surface area contributed by atoms with Crippen molar-refractivity contribution in [2.45, 2.75) is 26.7 Å². The van der Waals surface area contributed by atoms with Crippen molar-refractivity contribution >= 4 is 0 Å². The average molecular weight is 260 g/mol. The summed E-state index contributed by atoms with van der Waals surface area (Å²) < 4.78 is 11.3. The van der Waals surface area contributed by atoms with Gasteiger partial charge in [-0.1, -0.05) is 12.1 Å². The summed E-state index contributed by atoms with van der Waals surface area (Å²) in [7, 11) is 0. The Morgan fingerprint density at radius 3 is 2.84 bits per heavy atom. The minimum atomic E-state index is 0.561. The van der Waals surface area contributed by atoms with Gasteiger partial charge in [-0.25, -0.2) is 4.98 Å². The quantitative estimate of drug-likeness (QED) is 0.866. The van der Waals surface area contributed by atoms with Crippen LogP contribution in [0.2, 0.25) is 0 Å². The summed E-state index contributed by atoms with van der Waals surface area (Å²) in [6.45, 7) is 5.12. The van der Waals surface area contributed by atoms with Crippen molar-refractivity contribution in [3.63, 3.8) is 0 Å². The van der Waals surface area contributed by atoms with Crippen molar-refractivity contribution < 1.29 is 9.15 Å². The molecule has 2 rings (SSSR count). The summed E-state index contributed by atoms with van der Waals surface area (Å²) in [6, 6.07) is 8.00. The molecule has 0 unspecified atom stereocenters. The molecule has 0 aliphatic carbocycles. The highest BCUT2D eigenvalue weighted by atomic mass is 16.5. The van der Waals surface area contributed by atoms with Crippen molar-refractivity contribution in [3.8, 4) is 5.75 Å². The number of rotatable bonds is 6. The maximum Gasteiger partial charge on any atom is 0.198 e. The number of hydrogen-bond acceptors (Lipinski definition) is 4. The number of benzene rings is 1. The molecule has 0 saturated carbocycles. The summed E-state index contributed by atoms with van der Waals surface area (Å²) in [5.41, 5.74) is 7.66. The Bertz CT molecular complexity index is 535. The standard InChI is InChI=1S/C15H20N2O2/c1-11-4-3-5-13(10-11)18-9-7-15-17-14(6-8-16)12(2)19-15/h3-5,10H,6-9,16H2,1-2H3. The van der Waals surface area contributed by atoms with Gasteiger partial charge in [0.25, 0.3) is 0 Å². The molecular weight excluding hydrogens is 240 g/mol. The molecule has 0 amide bonds. The molecule has 0 bridgehead atoms. The number of aromatic nitrogens is 1. The molecular formula is C15H20N2O2. The highest BCUT2D eigenvalue weighted by molar-refractivity contribution is 5.27. The largest absolute Gasteiger partial charge is 0.493 e. The van der Waals surface area contributed by atoms with Gasteiger partial charge in [-0.3, -0.25) is 0 Å². The van der Waals surface area contributed by atoms with Gasteiger partial charge in [-0.2, -0.15) is 0 Å². The van der Waals surface area contributed by atoms with E-state index in [1.54, 1.807) is 0 Å². The van der Waals surface area contributed by atoms with E-state index in [4.69, 9.17) is 14.9 Å². The minimum Gasteiger partial charge on any atom is -0.493 e. The second kappa shape index (κ2) is 6.38. The van der Waals surface area contributed by atoms with E-state index in [1.165, 1.54) is 5.56 Å². The minimum absolute atomic E-state index is 0.561. The van der Waals surface area contributed by atoms with Crippen LogP contribution in [-0.2, 0) is 12.8 Å². The van der Waals surface area contributed by atoms with Crippen LogP contribution in [0.4, 0.5) is 0 Å². The summed E-state index contributed by atoms with van der Waals surface area (Å²) in [5, 5.41) is 0. The molecule has 0 aliphatic heterocycles. The molecule has 2 N–H and O–H groups in total. The first-order valence-corrected chi connectivity index (χ1v) is 6.53. The van der Waals surface area contributed by atoms with E-state index in [1.807, 2.05) is 38.1 Å². The molecule has 19 heavy (non-hydrogen) atoms. The highest BCUT2D eigenvalue weighted by Gasteiger charge is 2.08. The van der Waals surface area contributed by atoms with E-state index >= 15 is 0 Å². The fraction of sp³-hybridized carbons (Fsp3) is 0.400. The van der Waals surface area contributed by atoms with Crippen LogP contribution in [0.3, 0.4) is 0 Å². The van der Waals surface area contributed by atoms with Crippen LogP contribution >= 0.6 is 0 Å². The van der Waals surface area contributed by atoms with Crippen molar-refractivity contribution in [2.75, 3.05) is 13.2 Å². The first-order chi connectivity index (χ1) is 9.19. The lowest BCUT2D eigenvalue weighted by molar-refractivity contribution is 0.304. The zero-order valence-electron chi connectivity index (χ0n) is 11.5. The van der Waals surface area contributed by atoms with E-state index in [2.05, 4.69) is 4.98 Å². The second-order valence-electron chi connectivity index (χ2n) is 4.56. The van der Waals surface area contributed by atoms with Crippen molar-refractivity contribution in [1.29, 1.82) is 0 Å². The smallest absolute Gasteiger partial charge is 0.198 e. The van der Waals surface area contributed by atoms with Crippen LogP contribution in [0.25, 0.3) is 0 Å². The van der Waals surface area contributed by atoms with E-state index in [-0.39, 0.29) is 0 Å². The maximum atomic E-state index is 5.68. The van der Waals surface area contributed by atoms with Gasteiger partial charge in [-0.05, 0) is 38.1 Å². The third kappa shape index (κ3) is 3.83. The van der Waals surface area contributed by atoms with Crippen molar-refractivity contribution in [3.05, 3.63) is 47.2 Å². The predicted molar refractivity (Wildman–Crippen MR) is 74.4 cm³/mol. The Morgan fingerprint density at radius 1 is 1.26 bits per heavy atom. The van der Waals surface area contributed by atoms with Crippen LogP contribution in [0.15, 0.2) is 28.7 Å². The molecule has 0 fully saturated rings. The van der Waals surface area contributed by atoms with Crippen LogP contribution in [0, 0.1) is 13.8 Å². The molecule has 4 heteroatoms. The Morgan fingerprint density at radius 2 is 2.11 bits per heavy atom. The average Bonchev–Trinajstić information content (AvgIpc) is 2.71. The van der Waals surface area contributed by atoms with Gasteiger partial charge in [0.05, 0.1) is 18.7 Å². The van der Waals surface area contributed by atoms with Gasteiger partial charge in [0.15, 0.2) is 5.89 Å². The SMILES string of the molecule is Cc1cccc(OCCc2nc(CCN)c(C)o2)c1. The Balaban J connectivity index is 1.87. The number of hydrogen-bond donors (Lipinski definition) is 1. The molecule has 102 valence electrons. The molecule has 4 nitrogen and oxygen atoms in total. The molecule has 0 spiro atoms. The number of ether oxygens (including phenoxy) is 1. The van der Waals surface area contributed by atoms with Gasteiger partial charge in [0, 0.05) is 6.42 Å². The first-order valence-electron chi connectivity index (χ1n) is 6.53. The lowest BCUT2D eigenvalue weighted by atomic mass is 10.2. The molecule has 0 atom stereocenters. The number of aryl methyl sites for hydroxylation is 2. The molecule has 2 aromatic rings. The van der Waals surface area contributed by atoms with E-state index in [0.29, 0.717) is 25.5 Å². The maximum absolute atomic E-state index is 5.68. The van der Waals surface area contributed by atoms with E-state index in [9.17, 15) is 0 Å². The zero-order chi connectivity index (χ0) is 13.7. The summed E-state index contributed by atoms with van der Waals surface area (Å²) in [6.07, 6.45) is 1.42. The third-order valence-electron chi connectivity index (χ3n) is 2.89. The molecule has 0 saturated heterocycles. The lowest BCUT2D eigenvalue weighted by Gasteiger charge is -2.04. The van der Waals surface area contributed by atoms with Gasteiger partial charge in [0.1, 0.15) is 11.5 Å². The van der Waals surface area contributed by atoms with Gasteiger partial charge in [0.2, 0.25) is 0 Å². The van der Waals surface area contributed by atoms with Crippen molar-refractivity contribution in [2.24, 2.45) is 5.73 Å². The molecule has 1 heterocycles. The van der Waals surface area contributed by atoms with Crippen LogP contribution in [-0.4, -0.2) is 18.1 Å². The van der Waals surface area contributed by atoms with Gasteiger partial charge in [-0.15, -0.1) is 0 Å². The number of nitrogens with zero attached hydrogens (tertiary/aromatic N) is 1. The number of nitrogens with two attached hydrogens (primary N) is 1. The normalized spacial score (nSPS) is 10.7.